The fourth-order valence-electron chi connectivity index (χ4n) is 3.34. The quantitative estimate of drug-likeness (QED) is 0.710. The number of carboxylic acid groups (broad SMARTS) is 1. The molecule has 1 N–H and O–H groups in total. The topological polar surface area (TPSA) is 88.4 Å². The molecule has 158 valence electrons. The highest BCUT2D eigenvalue weighted by Gasteiger charge is 2.33. The number of carboxylic acids is 1. The average molecular weight is 414 g/mol. The molecule has 0 radical (unpaired) electrons. The van der Waals surface area contributed by atoms with Gasteiger partial charge in [0.2, 0.25) is 5.91 Å². The fraction of sp³-hybridized carbons (Fsp3) is 0.318. The maximum atomic E-state index is 13.3. The number of rotatable bonds is 8. The second-order valence-electron chi connectivity index (χ2n) is 6.91. The smallest absolute Gasteiger partial charge is 0.303 e. The van der Waals surface area contributed by atoms with Gasteiger partial charge in [0.25, 0.3) is 0 Å². The van der Waals surface area contributed by atoms with Gasteiger partial charge in [0.05, 0.1) is 26.0 Å². The van der Waals surface area contributed by atoms with Crippen LogP contribution in [0.3, 0.4) is 0 Å². The van der Waals surface area contributed by atoms with Crippen molar-refractivity contribution in [2.75, 3.05) is 14.2 Å². The van der Waals surface area contributed by atoms with Gasteiger partial charge in [-0.1, -0.05) is 12.1 Å². The zero-order valence-electron chi connectivity index (χ0n) is 16.8. The Kier molecular flexibility index (Phi) is 6.66. The van der Waals surface area contributed by atoms with Crippen LogP contribution in [-0.2, 0) is 9.59 Å². The van der Waals surface area contributed by atoms with Crippen LogP contribution in [0.4, 0.5) is 4.39 Å². The summed E-state index contributed by atoms with van der Waals surface area (Å²) in [6.07, 6.45) is 0.614. The van der Waals surface area contributed by atoms with Crippen LogP contribution >= 0.6 is 0 Å². The lowest BCUT2D eigenvalue weighted by Gasteiger charge is -2.23. The van der Waals surface area contributed by atoms with Crippen LogP contribution < -0.4 is 9.47 Å². The van der Waals surface area contributed by atoms with E-state index in [1.54, 1.807) is 32.4 Å². The first-order chi connectivity index (χ1) is 14.4. The molecule has 1 heterocycles. The molecule has 1 amide bonds. The number of hydrazone groups is 1. The number of carbonyl (C=O) groups excluding carboxylic acids is 1. The van der Waals surface area contributed by atoms with E-state index in [-0.39, 0.29) is 31.0 Å². The van der Waals surface area contributed by atoms with Gasteiger partial charge in [-0.3, -0.25) is 9.59 Å². The number of carbonyl (C=O) groups is 2. The van der Waals surface area contributed by atoms with E-state index in [9.17, 15) is 14.0 Å². The molecule has 3 rings (SSSR count). The fourth-order valence-corrected chi connectivity index (χ4v) is 3.34. The predicted octanol–water partition coefficient (Wildman–Crippen LogP) is 3.78. The highest BCUT2D eigenvalue weighted by molar-refractivity contribution is 6.03. The molecule has 0 spiro atoms. The SMILES string of the molecule is COc1cc(OC)cc([C@@H]2CC(c3ccc(F)cc3)=NN2C(=O)CCCC(=O)O)c1. The Bertz CT molecular complexity index is 936. The van der Waals surface area contributed by atoms with Crippen LogP contribution in [0.5, 0.6) is 11.5 Å². The number of benzene rings is 2. The lowest BCUT2D eigenvalue weighted by molar-refractivity contribution is -0.137. The molecule has 2 aromatic rings. The second kappa shape index (κ2) is 9.39. The lowest BCUT2D eigenvalue weighted by Crippen LogP contribution is -2.27. The molecule has 0 bridgehead atoms. The van der Waals surface area contributed by atoms with E-state index in [2.05, 4.69) is 5.10 Å². The number of hydrogen-bond donors (Lipinski definition) is 1. The summed E-state index contributed by atoms with van der Waals surface area (Å²) in [6.45, 7) is 0. The minimum Gasteiger partial charge on any atom is -0.497 e. The van der Waals surface area contributed by atoms with Crippen molar-refractivity contribution in [2.24, 2.45) is 5.10 Å². The van der Waals surface area contributed by atoms with Gasteiger partial charge in [0, 0.05) is 25.3 Å². The molecule has 0 aromatic heterocycles. The number of methoxy groups -OCH3 is 2. The normalized spacial score (nSPS) is 15.6. The number of aliphatic carboxylic acids is 1. The molecule has 0 saturated heterocycles. The summed E-state index contributed by atoms with van der Waals surface area (Å²) in [7, 11) is 3.09. The molecular weight excluding hydrogens is 391 g/mol. The van der Waals surface area contributed by atoms with Crippen LogP contribution in [-0.4, -0.2) is 41.9 Å². The summed E-state index contributed by atoms with van der Waals surface area (Å²) in [6, 6.07) is 10.9. The maximum Gasteiger partial charge on any atom is 0.303 e. The molecule has 0 aliphatic carbocycles. The number of halogens is 1. The van der Waals surface area contributed by atoms with E-state index >= 15 is 0 Å². The molecular formula is C22H23FN2O5. The standard InChI is InChI=1S/C22H23FN2O5/c1-29-17-10-15(11-18(12-17)30-2)20-13-19(14-6-8-16(23)9-7-14)24-25(20)21(26)4-3-5-22(27)28/h6-12,20H,3-5,13H2,1-2H3,(H,27,28)/t20-/m0/s1. The first-order valence-electron chi connectivity index (χ1n) is 9.51. The van der Waals surface area contributed by atoms with E-state index < -0.39 is 12.0 Å². The minimum absolute atomic E-state index is 0.0596. The molecule has 1 atom stereocenters. The number of amides is 1. The van der Waals surface area contributed by atoms with E-state index in [1.807, 2.05) is 12.1 Å². The third-order valence-corrected chi connectivity index (χ3v) is 4.88. The Hall–Kier alpha value is -3.42. The van der Waals surface area contributed by atoms with Crippen molar-refractivity contribution in [1.29, 1.82) is 0 Å². The minimum atomic E-state index is -0.950. The Morgan fingerprint density at radius 3 is 2.30 bits per heavy atom. The number of hydrogen-bond acceptors (Lipinski definition) is 5. The summed E-state index contributed by atoms with van der Waals surface area (Å²) in [5.74, 6) is -0.419. The highest BCUT2D eigenvalue weighted by atomic mass is 19.1. The molecule has 30 heavy (non-hydrogen) atoms. The third-order valence-electron chi connectivity index (χ3n) is 4.88. The van der Waals surface area contributed by atoms with E-state index in [0.717, 1.165) is 11.1 Å². The van der Waals surface area contributed by atoms with Crippen molar-refractivity contribution in [2.45, 2.75) is 31.7 Å². The predicted molar refractivity (Wildman–Crippen MR) is 108 cm³/mol. The summed E-state index contributed by atoms with van der Waals surface area (Å²) < 4.78 is 24.0. The largest absolute Gasteiger partial charge is 0.497 e. The summed E-state index contributed by atoms with van der Waals surface area (Å²) >= 11 is 0. The monoisotopic (exact) mass is 414 g/mol. The zero-order valence-corrected chi connectivity index (χ0v) is 16.8. The van der Waals surface area contributed by atoms with Crippen LogP contribution in [0.25, 0.3) is 0 Å². The van der Waals surface area contributed by atoms with Gasteiger partial charge in [-0.05, 0) is 41.8 Å². The summed E-state index contributed by atoms with van der Waals surface area (Å²) in [5.41, 5.74) is 2.14. The van der Waals surface area contributed by atoms with E-state index in [4.69, 9.17) is 14.6 Å². The molecule has 2 aromatic carbocycles. The lowest BCUT2D eigenvalue weighted by atomic mass is 9.97. The van der Waals surface area contributed by atoms with E-state index in [1.165, 1.54) is 17.1 Å². The molecule has 7 nitrogen and oxygen atoms in total. The molecule has 1 aliphatic rings. The van der Waals surface area contributed by atoms with Gasteiger partial charge >= 0.3 is 5.97 Å². The van der Waals surface area contributed by atoms with Crippen molar-refractivity contribution in [1.82, 2.24) is 5.01 Å². The Morgan fingerprint density at radius 1 is 1.10 bits per heavy atom. The third kappa shape index (κ3) is 4.94. The van der Waals surface area contributed by atoms with Crippen molar-refractivity contribution in [3.05, 3.63) is 59.4 Å². The Balaban J connectivity index is 1.92. The Labute approximate surface area is 173 Å². The second-order valence-corrected chi connectivity index (χ2v) is 6.91. The molecule has 1 aliphatic heterocycles. The number of nitrogens with zero attached hydrogens (tertiary/aromatic N) is 2. The van der Waals surface area contributed by atoms with Crippen molar-refractivity contribution >= 4 is 17.6 Å². The summed E-state index contributed by atoms with van der Waals surface area (Å²) in [4.78, 5) is 23.6. The van der Waals surface area contributed by atoms with Crippen LogP contribution in [0, 0.1) is 5.82 Å². The molecule has 0 saturated carbocycles. The van der Waals surface area contributed by atoms with Gasteiger partial charge in [0.1, 0.15) is 17.3 Å². The highest BCUT2D eigenvalue weighted by Crippen LogP contribution is 2.37. The summed E-state index contributed by atoms with van der Waals surface area (Å²) in [5, 5.41) is 14.7. The first kappa shape index (κ1) is 21.3. The van der Waals surface area contributed by atoms with Gasteiger partial charge in [-0.2, -0.15) is 5.10 Å². The van der Waals surface area contributed by atoms with Crippen molar-refractivity contribution in [3.63, 3.8) is 0 Å². The van der Waals surface area contributed by atoms with Crippen LogP contribution in [0.2, 0.25) is 0 Å². The average Bonchev–Trinajstić information content (AvgIpc) is 3.19. The Morgan fingerprint density at radius 2 is 1.73 bits per heavy atom. The van der Waals surface area contributed by atoms with Gasteiger partial charge in [-0.25, -0.2) is 9.40 Å². The zero-order chi connectivity index (χ0) is 21.7. The number of ether oxygens (including phenoxy) is 2. The van der Waals surface area contributed by atoms with Gasteiger partial charge in [0.15, 0.2) is 0 Å². The molecule has 8 heteroatoms. The van der Waals surface area contributed by atoms with E-state index in [0.29, 0.717) is 23.6 Å². The maximum absolute atomic E-state index is 13.3. The van der Waals surface area contributed by atoms with Gasteiger partial charge < -0.3 is 14.6 Å². The first-order valence-corrected chi connectivity index (χ1v) is 9.51. The van der Waals surface area contributed by atoms with Crippen molar-refractivity contribution in [3.8, 4) is 11.5 Å². The van der Waals surface area contributed by atoms with Crippen LogP contribution in [0.1, 0.15) is 42.9 Å². The molecule has 0 unspecified atom stereocenters. The molecule has 0 fully saturated rings. The van der Waals surface area contributed by atoms with Crippen molar-refractivity contribution < 1.29 is 28.6 Å². The van der Waals surface area contributed by atoms with Crippen LogP contribution in [0.15, 0.2) is 47.6 Å². The van der Waals surface area contributed by atoms with Gasteiger partial charge in [-0.15, -0.1) is 0 Å².